The highest BCUT2D eigenvalue weighted by atomic mass is 16.5. The minimum atomic E-state index is -1.10. The minimum absolute atomic E-state index is 0.0927. The summed E-state index contributed by atoms with van der Waals surface area (Å²) in [5, 5.41) is 11.8. The lowest BCUT2D eigenvalue weighted by atomic mass is 9.74. The summed E-state index contributed by atoms with van der Waals surface area (Å²) in [4.78, 5) is 22.8. The molecule has 0 bridgehead atoms. The van der Waals surface area contributed by atoms with Crippen LogP contribution in [0.2, 0.25) is 0 Å². The molecule has 17 heavy (non-hydrogen) atoms. The Balaban J connectivity index is 4.76. The summed E-state index contributed by atoms with van der Waals surface area (Å²) in [5.74, 6) is -1.41. The number of hydrogen-bond donors (Lipinski definition) is 3. The molecule has 0 aromatic heterocycles. The molecule has 1 unspecified atom stereocenters. The van der Waals surface area contributed by atoms with Gasteiger partial charge in [-0.25, -0.2) is 0 Å². The van der Waals surface area contributed by atoms with Crippen LogP contribution in [0, 0.1) is 5.41 Å². The Hall–Kier alpha value is -1.14. The maximum atomic E-state index is 11.7. The van der Waals surface area contributed by atoms with E-state index in [1.54, 1.807) is 27.7 Å². The van der Waals surface area contributed by atoms with Gasteiger partial charge in [0.05, 0.1) is 17.6 Å². The normalized spacial score (nSPS) is 14.2. The second-order valence-corrected chi connectivity index (χ2v) is 5.11. The Morgan fingerprint density at radius 2 is 1.82 bits per heavy atom. The highest BCUT2D eigenvalue weighted by Gasteiger charge is 2.44. The van der Waals surface area contributed by atoms with Crippen molar-refractivity contribution in [2.24, 2.45) is 11.1 Å². The maximum absolute atomic E-state index is 11.7. The van der Waals surface area contributed by atoms with Crippen LogP contribution in [0.3, 0.4) is 0 Å². The molecule has 0 aromatic rings. The van der Waals surface area contributed by atoms with Gasteiger partial charge in [0.2, 0.25) is 5.91 Å². The number of nitrogens with one attached hydrogen (secondary N) is 1. The second kappa shape index (κ2) is 5.46. The average molecular weight is 246 g/mol. The van der Waals surface area contributed by atoms with E-state index in [4.69, 9.17) is 15.6 Å². The Morgan fingerprint density at radius 1 is 1.35 bits per heavy atom. The van der Waals surface area contributed by atoms with Crippen molar-refractivity contribution in [2.75, 3.05) is 13.7 Å². The molecular weight excluding hydrogens is 224 g/mol. The number of ether oxygens (including phenoxy) is 1. The molecule has 0 aromatic carbocycles. The first-order chi connectivity index (χ1) is 7.56. The Bertz CT molecular complexity index is 300. The molecule has 0 saturated carbocycles. The van der Waals surface area contributed by atoms with Gasteiger partial charge in [-0.15, -0.1) is 0 Å². The molecule has 0 rings (SSSR count). The van der Waals surface area contributed by atoms with Crippen LogP contribution >= 0.6 is 0 Å². The van der Waals surface area contributed by atoms with Gasteiger partial charge in [0.25, 0.3) is 0 Å². The monoisotopic (exact) mass is 246 g/mol. The summed E-state index contributed by atoms with van der Waals surface area (Å²) in [6, 6.07) is -0.802. The van der Waals surface area contributed by atoms with Crippen molar-refractivity contribution in [1.29, 1.82) is 0 Å². The summed E-state index contributed by atoms with van der Waals surface area (Å²) in [7, 11) is 1.44. The van der Waals surface area contributed by atoms with Gasteiger partial charge < -0.3 is 20.9 Å². The van der Waals surface area contributed by atoms with Crippen molar-refractivity contribution in [3.63, 3.8) is 0 Å². The summed E-state index contributed by atoms with van der Waals surface area (Å²) in [5.41, 5.74) is 3.55. The molecule has 1 atom stereocenters. The Morgan fingerprint density at radius 3 is 2.18 bits per heavy atom. The van der Waals surface area contributed by atoms with Crippen molar-refractivity contribution in [3.05, 3.63) is 0 Å². The summed E-state index contributed by atoms with van der Waals surface area (Å²) in [6.07, 6.45) is 0. The molecule has 0 spiro atoms. The molecule has 0 radical (unpaired) electrons. The molecule has 0 aliphatic carbocycles. The number of hydrogen-bond acceptors (Lipinski definition) is 4. The summed E-state index contributed by atoms with van der Waals surface area (Å²) in [6.45, 7) is 6.50. The smallest absolute Gasteiger partial charge is 0.311 e. The van der Waals surface area contributed by atoms with Gasteiger partial charge in [-0.3, -0.25) is 9.59 Å². The van der Waals surface area contributed by atoms with E-state index >= 15 is 0 Å². The standard InChI is InChI=1S/C11H22N2O4/c1-10(2,9(15)16)11(3,4)13-8(14)7(12)6-17-5/h7H,6,12H2,1-5H3,(H,13,14)(H,15,16). The quantitative estimate of drug-likeness (QED) is 0.610. The molecule has 6 heteroatoms. The number of aliphatic carboxylic acids is 1. The fraction of sp³-hybridized carbons (Fsp3) is 0.818. The summed E-state index contributed by atoms with van der Waals surface area (Å²) < 4.78 is 4.77. The minimum Gasteiger partial charge on any atom is -0.481 e. The lowest BCUT2D eigenvalue weighted by molar-refractivity contribution is -0.152. The molecular formula is C11H22N2O4. The molecule has 0 saturated heterocycles. The lowest BCUT2D eigenvalue weighted by Gasteiger charge is -2.39. The summed E-state index contributed by atoms with van der Waals surface area (Å²) >= 11 is 0. The number of nitrogens with two attached hydrogens (primary N) is 1. The van der Waals surface area contributed by atoms with Gasteiger partial charge in [-0.2, -0.15) is 0 Å². The molecule has 0 aliphatic rings. The van der Waals surface area contributed by atoms with Crippen LogP contribution in [0.25, 0.3) is 0 Å². The van der Waals surface area contributed by atoms with Gasteiger partial charge in [0.1, 0.15) is 6.04 Å². The molecule has 1 amide bonds. The van der Waals surface area contributed by atoms with Crippen molar-refractivity contribution < 1.29 is 19.4 Å². The molecule has 0 heterocycles. The predicted molar refractivity (Wildman–Crippen MR) is 63.5 cm³/mol. The van der Waals surface area contributed by atoms with Gasteiger partial charge >= 0.3 is 5.97 Å². The molecule has 0 fully saturated rings. The zero-order valence-corrected chi connectivity index (χ0v) is 11.0. The first kappa shape index (κ1) is 15.9. The predicted octanol–water partition coefficient (Wildman–Crippen LogP) is -0.0343. The van der Waals surface area contributed by atoms with E-state index in [0.29, 0.717) is 0 Å². The van der Waals surface area contributed by atoms with E-state index in [1.807, 2.05) is 0 Å². The second-order valence-electron chi connectivity index (χ2n) is 5.11. The molecule has 100 valence electrons. The largest absolute Gasteiger partial charge is 0.481 e. The first-order valence-corrected chi connectivity index (χ1v) is 5.36. The van der Waals surface area contributed by atoms with E-state index in [1.165, 1.54) is 7.11 Å². The van der Waals surface area contributed by atoms with Crippen LogP contribution in [0.1, 0.15) is 27.7 Å². The van der Waals surface area contributed by atoms with E-state index in [0.717, 1.165) is 0 Å². The fourth-order valence-corrected chi connectivity index (χ4v) is 1.08. The zero-order chi connectivity index (χ0) is 13.9. The number of methoxy groups -OCH3 is 1. The van der Waals surface area contributed by atoms with E-state index < -0.39 is 28.9 Å². The third kappa shape index (κ3) is 3.67. The highest BCUT2D eigenvalue weighted by Crippen LogP contribution is 2.30. The number of carbonyl (C=O) groups is 2. The van der Waals surface area contributed by atoms with Crippen molar-refractivity contribution in [1.82, 2.24) is 5.32 Å². The van der Waals surface area contributed by atoms with Gasteiger partial charge in [0, 0.05) is 7.11 Å². The number of rotatable bonds is 6. The average Bonchev–Trinajstić information content (AvgIpc) is 2.16. The van der Waals surface area contributed by atoms with Crippen LogP contribution in [0.4, 0.5) is 0 Å². The number of carbonyl (C=O) groups excluding carboxylic acids is 1. The third-order valence-corrected chi connectivity index (χ3v) is 3.22. The van der Waals surface area contributed by atoms with Crippen LogP contribution in [0.5, 0.6) is 0 Å². The number of amides is 1. The number of carboxylic acids is 1. The van der Waals surface area contributed by atoms with Crippen LogP contribution in [-0.2, 0) is 14.3 Å². The maximum Gasteiger partial charge on any atom is 0.311 e. The van der Waals surface area contributed by atoms with E-state index in [2.05, 4.69) is 5.32 Å². The van der Waals surface area contributed by atoms with Crippen molar-refractivity contribution in [3.8, 4) is 0 Å². The fourth-order valence-electron chi connectivity index (χ4n) is 1.08. The molecule has 4 N–H and O–H groups in total. The Labute approximate surface area is 102 Å². The van der Waals surface area contributed by atoms with Gasteiger partial charge in [0.15, 0.2) is 0 Å². The topological polar surface area (TPSA) is 102 Å². The lowest BCUT2D eigenvalue weighted by Crippen LogP contribution is -2.60. The van der Waals surface area contributed by atoms with Gasteiger partial charge in [-0.1, -0.05) is 0 Å². The van der Waals surface area contributed by atoms with Crippen LogP contribution < -0.4 is 11.1 Å². The van der Waals surface area contributed by atoms with Crippen molar-refractivity contribution >= 4 is 11.9 Å². The van der Waals surface area contributed by atoms with Crippen LogP contribution in [0.15, 0.2) is 0 Å². The van der Waals surface area contributed by atoms with Crippen LogP contribution in [-0.4, -0.2) is 42.3 Å². The molecule has 0 aliphatic heterocycles. The van der Waals surface area contributed by atoms with Crippen molar-refractivity contribution in [2.45, 2.75) is 39.3 Å². The van der Waals surface area contributed by atoms with Gasteiger partial charge in [-0.05, 0) is 27.7 Å². The molecule has 6 nitrogen and oxygen atoms in total. The van der Waals surface area contributed by atoms with E-state index in [9.17, 15) is 9.59 Å². The number of carboxylic acid groups (broad SMARTS) is 1. The zero-order valence-electron chi connectivity index (χ0n) is 11.0. The van der Waals surface area contributed by atoms with E-state index in [-0.39, 0.29) is 6.61 Å². The SMILES string of the molecule is COCC(N)C(=O)NC(C)(C)C(C)(C)C(=O)O. The third-order valence-electron chi connectivity index (χ3n) is 3.22. The first-order valence-electron chi connectivity index (χ1n) is 5.36. The highest BCUT2D eigenvalue weighted by molar-refractivity contribution is 5.84. The Kier molecular flexibility index (Phi) is 5.10.